The van der Waals surface area contributed by atoms with Gasteiger partial charge in [-0.1, -0.05) is 46.1 Å². The second-order valence-corrected chi connectivity index (χ2v) is 6.53. The number of halogens is 3. The van der Waals surface area contributed by atoms with E-state index in [1.807, 2.05) is 18.2 Å². The Hall–Kier alpha value is -0.740. The molecule has 2 nitrogen and oxygen atoms in total. The number of nitrogens with two attached hydrogens (primary N) is 1. The summed E-state index contributed by atoms with van der Waals surface area (Å²) in [7, 11) is 0. The predicted octanol–water partition coefficient (Wildman–Crippen LogP) is 5.83. The number of ether oxygens (including phenoxy) is 1. The van der Waals surface area contributed by atoms with Crippen LogP contribution in [0.25, 0.3) is 0 Å². The summed E-state index contributed by atoms with van der Waals surface area (Å²) < 4.78 is 6.93. The molecule has 1 unspecified atom stereocenters. The van der Waals surface area contributed by atoms with Crippen LogP contribution < -0.4 is 10.5 Å². The zero-order chi connectivity index (χ0) is 15.4. The second kappa shape index (κ2) is 7.50. The average molecular weight is 389 g/mol. The van der Waals surface area contributed by atoms with Crippen LogP contribution in [-0.4, -0.2) is 6.04 Å². The quantitative estimate of drug-likeness (QED) is 0.699. The lowest BCUT2D eigenvalue weighted by atomic mass is 10.0. The van der Waals surface area contributed by atoms with Gasteiger partial charge in [0.25, 0.3) is 0 Å². The molecule has 1 atom stereocenters. The predicted molar refractivity (Wildman–Crippen MR) is 92.6 cm³/mol. The number of rotatable bonds is 5. The van der Waals surface area contributed by atoms with Gasteiger partial charge in [-0.15, -0.1) is 0 Å². The van der Waals surface area contributed by atoms with Gasteiger partial charge < -0.3 is 10.5 Å². The van der Waals surface area contributed by atoms with Crippen LogP contribution >= 0.6 is 39.1 Å². The van der Waals surface area contributed by atoms with Crippen molar-refractivity contribution < 1.29 is 4.74 Å². The highest BCUT2D eigenvalue weighted by molar-refractivity contribution is 9.10. The summed E-state index contributed by atoms with van der Waals surface area (Å²) in [6, 6.07) is 11.2. The van der Waals surface area contributed by atoms with E-state index >= 15 is 0 Å². The van der Waals surface area contributed by atoms with Gasteiger partial charge in [-0.25, -0.2) is 0 Å². The molecule has 21 heavy (non-hydrogen) atoms. The molecule has 0 aliphatic heterocycles. The van der Waals surface area contributed by atoms with E-state index in [1.54, 1.807) is 18.2 Å². The minimum atomic E-state index is 0.107. The van der Waals surface area contributed by atoms with Gasteiger partial charge in [0.05, 0.1) is 10.0 Å². The van der Waals surface area contributed by atoms with Crippen molar-refractivity contribution in [1.29, 1.82) is 0 Å². The number of benzene rings is 2. The SMILES string of the molecule is CCC(N)Cc1cc(Br)ccc1Oc1ccc(Cl)c(Cl)c1. The van der Waals surface area contributed by atoms with Crippen molar-refractivity contribution in [1.82, 2.24) is 0 Å². The van der Waals surface area contributed by atoms with E-state index in [1.165, 1.54) is 0 Å². The van der Waals surface area contributed by atoms with Crippen molar-refractivity contribution in [3.8, 4) is 11.5 Å². The van der Waals surface area contributed by atoms with Gasteiger partial charge in [0.1, 0.15) is 11.5 Å². The second-order valence-electron chi connectivity index (χ2n) is 4.80. The van der Waals surface area contributed by atoms with Crippen molar-refractivity contribution in [2.24, 2.45) is 5.73 Å². The average Bonchev–Trinajstić information content (AvgIpc) is 2.45. The Balaban J connectivity index is 2.28. The number of hydrogen-bond donors (Lipinski definition) is 1. The molecule has 0 radical (unpaired) electrons. The molecule has 0 fully saturated rings. The lowest BCUT2D eigenvalue weighted by Crippen LogP contribution is -2.21. The monoisotopic (exact) mass is 387 g/mol. The van der Waals surface area contributed by atoms with Gasteiger partial charge in [-0.3, -0.25) is 0 Å². The summed E-state index contributed by atoms with van der Waals surface area (Å²) in [6.07, 6.45) is 1.67. The van der Waals surface area contributed by atoms with Crippen LogP contribution in [0.3, 0.4) is 0 Å². The van der Waals surface area contributed by atoms with Crippen molar-refractivity contribution in [3.05, 3.63) is 56.5 Å². The van der Waals surface area contributed by atoms with Crippen LogP contribution in [0.15, 0.2) is 40.9 Å². The Kier molecular flexibility index (Phi) is 5.94. The third-order valence-corrected chi connectivity index (χ3v) is 4.38. The molecule has 5 heteroatoms. The van der Waals surface area contributed by atoms with Crippen molar-refractivity contribution in [2.45, 2.75) is 25.8 Å². The summed E-state index contributed by atoms with van der Waals surface area (Å²) >= 11 is 15.4. The third kappa shape index (κ3) is 4.62. The zero-order valence-electron chi connectivity index (χ0n) is 11.6. The molecule has 2 aromatic carbocycles. The van der Waals surface area contributed by atoms with Gasteiger partial charge >= 0.3 is 0 Å². The Labute approximate surface area is 143 Å². The highest BCUT2D eigenvalue weighted by Gasteiger charge is 2.10. The molecule has 2 aromatic rings. The molecule has 0 bridgehead atoms. The molecule has 0 aliphatic carbocycles. The molecule has 0 saturated carbocycles. The Morgan fingerprint density at radius 3 is 2.57 bits per heavy atom. The first kappa shape index (κ1) is 16.6. The van der Waals surface area contributed by atoms with Crippen LogP contribution in [0.5, 0.6) is 11.5 Å². The molecule has 0 heterocycles. The normalized spacial score (nSPS) is 12.2. The van der Waals surface area contributed by atoms with E-state index in [-0.39, 0.29) is 6.04 Å². The highest BCUT2D eigenvalue weighted by Crippen LogP contribution is 2.32. The highest BCUT2D eigenvalue weighted by atomic mass is 79.9. The summed E-state index contributed by atoms with van der Waals surface area (Å²) in [5.41, 5.74) is 7.11. The maximum atomic E-state index is 6.05. The minimum absolute atomic E-state index is 0.107. The van der Waals surface area contributed by atoms with E-state index in [4.69, 9.17) is 33.7 Å². The fourth-order valence-electron chi connectivity index (χ4n) is 1.90. The zero-order valence-corrected chi connectivity index (χ0v) is 14.7. The standard InChI is InChI=1S/C16H16BrCl2NO/c1-2-12(20)8-10-7-11(17)3-6-16(10)21-13-4-5-14(18)15(19)9-13/h3-7,9,12H,2,8,20H2,1H3. The van der Waals surface area contributed by atoms with Crippen LogP contribution in [0.2, 0.25) is 10.0 Å². The molecule has 112 valence electrons. The van der Waals surface area contributed by atoms with Crippen LogP contribution in [0, 0.1) is 0 Å². The summed E-state index contributed by atoms with van der Waals surface area (Å²) in [6.45, 7) is 2.07. The number of hydrogen-bond acceptors (Lipinski definition) is 2. The van der Waals surface area contributed by atoms with E-state index < -0.39 is 0 Å². The van der Waals surface area contributed by atoms with Gasteiger partial charge in [-0.2, -0.15) is 0 Å². The molecule has 2 rings (SSSR count). The Morgan fingerprint density at radius 1 is 1.14 bits per heavy atom. The summed E-state index contributed by atoms with van der Waals surface area (Å²) in [4.78, 5) is 0. The Bertz CT molecular complexity index is 634. The fourth-order valence-corrected chi connectivity index (χ4v) is 2.60. The van der Waals surface area contributed by atoms with Crippen LogP contribution in [0.1, 0.15) is 18.9 Å². The lowest BCUT2D eigenvalue weighted by molar-refractivity contribution is 0.472. The molecule has 0 saturated heterocycles. The maximum Gasteiger partial charge on any atom is 0.130 e. The van der Waals surface area contributed by atoms with E-state index in [0.717, 1.165) is 28.6 Å². The summed E-state index contributed by atoms with van der Waals surface area (Å²) in [5, 5.41) is 0.978. The van der Waals surface area contributed by atoms with E-state index in [0.29, 0.717) is 15.8 Å². The first-order chi connectivity index (χ1) is 9.99. The smallest absolute Gasteiger partial charge is 0.130 e. The first-order valence-electron chi connectivity index (χ1n) is 6.66. The third-order valence-electron chi connectivity index (χ3n) is 3.15. The van der Waals surface area contributed by atoms with Crippen molar-refractivity contribution in [2.75, 3.05) is 0 Å². The van der Waals surface area contributed by atoms with Crippen molar-refractivity contribution in [3.63, 3.8) is 0 Å². The fraction of sp³-hybridized carbons (Fsp3) is 0.250. The molecular weight excluding hydrogens is 373 g/mol. The van der Waals surface area contributed by atoms with E-state index in [2.05, 4.69) is 22.9 Å². The maximum absolute atomic E-state index is 6.05. The van der Waals surface area contributed by atoms with E-state index in [9.17, 15) is 0 Å². The topological polar surface area (TPSA) is 35.2 Å². The minimum Gasteiger partial charge on any atom is -0.457 e. The first-order valence-corrected chi connectivity index (χ1v) is 8.21. The van der Waals surface area contributed by atoms with Gasteiger partial charge in [-0.05, 0) is 48.7 Å². The Morgan fingerprint density at radius 2 is 1.90 bits per heavy atom. The molecule has 0 aliphatic rings. The van der Waals surface area contributed by atoms with Gasteiger partial charge in [0.2, 0.25) is 0 Å². The lowest BCUT2D eigenvalue weighted by Gasteiger charge is -2.15. The molecule has 0 aromatic heterocycles. The molecule has 0 spiro atoms. The van der Waals surface area contributed by atoms with Gasteiger partial charge in [0, 0.05) is 16.6 Å². The van der Waals surface area contributed by atoms with Gasteiger partial charge in [0.15, 0.2) is 0 Å². The molecule has 2 N–H and O–H groups in total. The largest absolute Gasteiger partial charge is 0.457 e. The van der Waals surface area contributed by atoms with Crippen LogP contribution in [0.4, 0.5) is 0 Å². The molecular formula is C16H16BrCl2NO. The molecule has 0 amide bonds. The van der Waals surface area contributed by atoms with Crippen LogP contribution in [-0.2, 0) is 6.42 Å². The summed E-state index contributed by atoms with van der Waals surface area (Å²) in [5.74, 6) is 1.43. The van der Waals surface area contributed by atoms with Crippen molar-refractivity contribution >= 4 is 39.1 Å².